The van der Waals surface area contributed by atoms with Crippen molar-refractivity contribution in [1.29, 1.82) is 0 Å². The van der Waals surface area contributed by atoms with Gasteiger partial charge in [0.1, 0.15) is 27.9 Å². The molecule has 0 aliphatic carbocycles. The Bertz CT molecular complexity index is 3550. The fourth-order valence-electron chi connectivity index (χ4n) is 12.0. The molecule has 6 aliphatic heterocycles. The monoisotopic (exact) mass is 1160 g/mol. The molecule has 6 aliphatic rings. The smallest absolute Gasteiger partial charge is 0.247 e. The number of aromatic nitrogens is 4. The number of Topliss-reactive ketones (excluding diaryl/α,β-unsaturated/α-hetero) is 2. The van der Waals surface area contributed by atoms with E-state index < -0.39 is 15.7 Å². The largest absolute Gasteiger partial charge is 0.395 e. The van der Waals surface area contributed by atoms with Crippen LogP contribution in [0.25, 0.3) is 43.6 Å². The normalized spacial score (nSPS) is 19.3. The van der Waals surface area contributed by atoms with Crippen LogP contribution in [0.15, 0.2) is 151 Å². The number of benzene rings is 4. The van der Waals surface area contributed by atoms with Crippen LogP contribution in [-0.4, -0.2) is 167 Å². The van der Waals surface area contributed by atoms with E-state index in [1.165, 1.54) is 27.5 Å². The van der Waals surface area contributed by atoms with Gasteiger partial charge < -0.3 is 25.6 Å². The zero-order valence-electron chi connectivity index (χ0n) is 48.0. The summed E-state index contributed by atoms with van der Waals surface area (Å²) >= 11 is 0. The molecule has 0 radical (unpaired) electrons. The topological polar surface area (TPSA) is 222 Å². The number of hydrogen-bond acceptors (Lipinski definition) is 17. The number of rotatable bonds is 9. The van der Waals surface area contributed by atoms with Gasteiger partial charge in [-0.25, -0.2) is 8.42 Å². The van der Waals surface area contributed by atoms with Crippen molar-refractivity contribution in [2.24, 2.45) is 5.73 Å². The minimum atomic E-state index is -3.76. The highest BCUT2D eigenvalue weighted by Gasteiger charge is 2.51. The molecule has 4 aromatic carbocycles. The summed E-state index contributed by atoms with van der Waals surface area (Å²) in [6.45, 7) is 12.9. The SMILES string of the molecule is NCCO.O=C1CCN(Cc2cccc3cccnc23)CC1.O=C1CCNCC1.O=S(=O)(c1cccc2cccnc12)N1CCOC12CCN(Cc1cccc3cccnc13)CC2.c1cnc2c(CN3CCC4(CC3)NCCO4)cccc2c1. The summed E-state index contributed by atoms with van der Waals surface area (Å²) in [4.78, 5) is 47.1. The van der Waals surface area contributed by atoms with Gasteiger partial charge in [0.25, 0.3) is 0 Å². The van der Waals surface area contributed by atoms with Crippen molar-refractivity contribution >= 4 is 65.2 Å². The van der Waals surface area contributed by atoms with Gasteiger partial charge in [0, 0.05) is 189 Å². The van der Waals surface area contributed by atoms with Crippen molar-refractivity contribution in [3.63, 3.8) is 0 Å². The van der Waals surface area contributed by atoms with Crippen LogP contribution < -0.4 is 16.4 Å². The molecule has 84 heavy (non-hydrogen) atoms. The van der Waals surface area contributed by atoms with E-state index in [2.05, 4.69) is 118 Å². The molecule has 442 valence electrons. The predicted molar refractivity (Wildman–Crippen MR) is 328 cm³/mol. The fourth-order valence-corrected chi connectivity index (χ4v) is 13.9. The van der Waals surface area contributed by atoms with E-state index >= 15 is 0 Å². The number of nitrogens with two attached hydrogens (primary N) is 1. The molecule has 4 aromatic heterocycles. The summed E-state index contributed by atoms with van der Waals surface area (Å²) in [5.41, 5.74) is 11.5. The molecule has 6 saturated heterocycles. The number of piperidine rings is 4. The number of carbonyl (C=O) groups excluding carboxylic acids is 2. The van der Waals surface area contributed by atoms with Gasteiger partial charge in [-0.15, -0.1) is 0 Å². The second-order valence-corrected chi connectivity index (χ2v) is 23.9. The summed E-state index contributed by atoms with van der Waals surface area (Å²) in [7, 11) is -3.76. The number of para-hydroxylation sites is 4. The third kappa shape index (κ3) is 15.1. The lowest BCUT2D eigenvalue weighted by Crippen LogP contribution is -2.54. The molecule has 5 N–H and O–H groups in total. The number of sulfonamides is 1. The number of aliphatic hydroxyl groups excluding tert-OH is 1. The maximum absolute atomic E-state index is 13.8. The van der Waals surface area contributed by atoms with E-state index in [1.54, 1.807) is 22.6 Å². The van der Waals surface area contributed by atoms with Gasteiger partial charge >= 0.3 is 0 Å². The predicted octanol–water partition coefficient (Wildman–Crippen LogP) is 7.22. The Hall–Kier alpha value is -6.59. The van der Waals surface area contributed by atoms with Gasteiger partial charge in [0.2, 0.25) is 10.0 Å². The van der Waals surface area contributed by atoms with Crippen LogP contribution >= 0.6 is 0 Å². The maximum atomic E-state index is 13.8. The van der Waals surface area contributed by atoms with Gasteiger partial charge in [0.05, 0.1) is 41.9 Å². The summed E-state index contributed by atoms with van der Waals surface area (Å²) in [6, 6.07) is 40.3. The first kappa shape index (κ1) is 60.5. The number of nitrogens with zero attached hydrogens (tertiary/aromatic N) is 8. The molecule has 0 saturated carbocycles. The Morgan fingerprint density at radius 2 is 0.917 bits per heavy atom. The summed E-state index contributed by atoms with van der Waals surface area (Å²) < 4.78 is 41.3. The minimum Gasteiger partial charge on any atom is -0.395 e. The van der Waals surface area contributed by atoms with Crippen LogP contribution in [0.4, 0.5) is 0 Å². The Morgan fingerprint density at radius 1 is 0.500 bits per heavy atom. The van der Waals surface area contributed by atoms with Crippen LogP contribution in [0.1, 0.15) is 68.1 Å². The molecule has 0 amide bonds. The molecule has 6 fully saturated rings. The van der Waals surface area contributed by atoms with Gasteiger partial charge in [-0.2, -0.15) is 4.31 Å². The molecular weight excluding hydrogens is 1080 g/mol. The maximum Gasteiger partial charge on any atom is 0.247 e. The lowest BCUT2D eigenvalue weighted by Gasteiger charge is -2.43. The van der Waals surface area contributed by atoms with Gasteiger partial charge in [-0.3, -0.25) is 49.5 Å². The Balaban J connectivity index is 0.000000135. The van der Waals surface area contributed by atoms with E-state index in [4.69, 9.17) is 20.3 Å². The molecule has 10 heterocycles. The fraction of sp³-hybridized carbons (Fsp3) is 0.415. The lowest BCUT2D eigenvalue weighted by molar-refractivity contribution is -0.121. The second-order valence-electron chi connectivity index (χ2n) is 22.1. The number of nitrogens with one attached hydrogen (secondary N) is 2. The van der Waals surface area contributed by atoms with E-state index in [9.17, 15) is 18.0 Å². The van der Waals surface area contributed by atoms with E-state index in [1.807, 2.05) is 55.0 Å². The van der Waals surface area contributed by atoms with Gasteiger partial charge in [-0.1, -0.05) is 91.0 Å². The van der Waals surface area contributed by atoms with Crippen LogP contribution in [0.3, 0.4) is 0 Å². The number of hydrogen-bond donors (Lipinski definition) is 4. The minimum absolute atomic E-state index is 0.0342. The zero-order valence-corrected chi connectivity index (χ0v) is 48.8. The van der Waals surface area contributed by atoms with Crippen LogP contribution in [0.5, 0.6) is 0 Å². The number of carbonyl (C=O) groups is 2. The number of ether oxygens (including phenoxy) is 2. The van der Waals surface area contributed by atoms with Crippen molar-refractivity contribution in [3.8, 4) is 0 Å². The third-order valence-electron chi connectivity index (χ3n) is 16.5. The van der Waals surface area contributed by atoms with Crippen LogP contribution in [0.2, 0.25) is 0 Å². The number of ketones is 2. The standard InChI is InChI=1S/C26H26N4O3S.C17H21N3O.C15H16N2O.C5H9NO.C2H7NO/c31-34(32,23-10-2-6-21-9-4-14-28-25(21)23)30-17-18-33-26(30)11-15-29(16-12-26)19-22-7-1-5-20-8-3-13-27-24(20)22;1-3-14-5-2-8-18-16(14)15(4-1)13-20-10-6-17(7-11-20)19-9-12-21-17;18-14-6-9-17(10-7-14)11-13-4-1-3-12-5-2-8-16-15(12)13;7-5-1-3-6-4-2-5;3-1-2-4/h1-10,13-14H,11-12,15-19H2;1-5,8,19H,6-7,9-13H2;1-5,8H,6-7,9-11H2;6H,1-4H2;4H,1-3H2. The third-order valence-corrected chi connectivity index (χ3v) is 18.5. The highest BCUT2D eigenvalue weighted by molar-refractivity contribution is 7.89. The highest BCUT2D eigenvalue weighted by atomic mass is 32.2. The number of pyridine rings is 4. The molecule has 18 nitrogen and oxygen atoms in total. The first-order chi connectivity index (χ1) is 41.0. The van der Waals surface area contributed by atoms with Gasteiger partial charge in [-0.05, 0) is 47.0 Å². The Morgan fingerprint density at radius 3 is 1.36 bits per heavy atom. The summed E-state index contributed by atoms with van der Waals surface area (Å²) in [6.07, 6.45) is 13.4. The van der Waals surface area contributed by atoms with Crippen molar-refractivity contribution in [2.45, 2.75) is 87.3 Å². The number of aliphatic hydroxyl groups is 1. The average Bonchev–Trinajstić information content (AvgIpc) is 3.47. The molecular formula is C65H79N11O7S. The Kier molecular flexibility index (Phi) is 20.9. The van der Waals surface area contributed by atoms with Crippen LogP contribution in [0, 0.1) is 0 Å². The van der Waals surface area contributed by atoms with Crippen molar-refractivity contribution in [1.82, 2.24) is 49.6 Å². The lowest BCUT2D eigenvalue weighted by atomic mass is 9.99. The van der Waals surface area contributed by atoms with Crippen molar-refractivity contribution < 1.29 is 32.6 Å². The van der Waals surface area contributed by atoms with Crippen LogP contribution in [-0.2, 0) is 48.7 Å². The van der Waals surface area contributed by atoms with Crippen molar-refractivity contribution in [3.05, 3.63) is 163 Å². The highest BCUT2D eigenvalue weighted by Crippen LogP contribution is 2.40. The molecule has 0 bridgehead atoms. The Labute approximate surface area is 492 Å². The molecule has 2 spiro atoms. The number of likely N-dealkylation sites (tertiary alicyclic amines) is 3. The number of fused-ring (bicyclic) bond motifs is 4. The van der Waals surface area contributed by atoms with E-state index in [0.29, 0.717) is 62.5 Å². The molecule has 8 aromatic rings. The summed E-state index contributed by atoms with van der Waals surface area (Å²) in [5, 5.41) is 18.7. The second kappa shape index (κ2) is 29.0. The quantitative estimate of drug-likeness (QED) is 0.112. The average molecular weight is 1160 g/mol. The van der Waals surface area contributed by atoms with E-state index in [0.717, 1.165) is 138 Å². The molecule has 0 unspecified atom stereocenters. The zero-order chi connectivity index (χ0) is 58.2. The van der Waals surface area contributed by atoms with Gasteiger partial charge in [0.15, 0.2) is 0 Å². The van der Waals surface area contributed by atoms with Crippen molar-refractivity contribution in [2.75, 3.05) is 91.8 Å². The summed E-state index contributed by atoms with van der Waals surface area (Å²) in [5.74, 6) is 0.793. The molecule has 19 heteroatoms. The molecule has 14 rings (SSSR count). The molecule has 0 atom stereocenters. The first-order valence-electron chi connectivity index (χ1n) is 29.6. The first-order valence-corrected chi connectivity index (χ1v) is 31.1. The van der Waals surface area contributed by atoms with E-state index in [-0.39, 0.29) is 17.2 Å².